The Kier molecular flexibility index (Phi) is 2.65. The number of hydrogen-bond acceptors (Lipinski definition) is 3. The van der Waals surface area contributed by atoms with Crippen molar-refractivity contribution < 1.29 is 0 Å². The molecule has 0 unspecified atom stereocenters. The highest BCUT2D eigenvalue weighted by Gasteiger charge is 2.15. The lowest BCUT2D eigenvalue weighted by Crippen LogP contribution is -2.33. The zero-order valence-corrected chi connectivity index (χ0v) is 7.17. The molecule has 1 fully saturated rings. The van der Waals surface area contributed by atoms with Crippen molar-refractivity contribution in [3.05, 3.63) is 11.8 Å². The number of piperidine rings is 1. The average molecular weight is 153 g/mol. The van der Waals surface area contributed by atoms with E-state index in [0.29, 0.717) is 0 Å². The van der Waals surface area contributed by atoms with Crippen LogP contribution in [0.5, 0.6) is 0 Å². The molecule has 0 aromatic heterocycles. The van der Waals surface area contributed by atoms with Crippen molar-refractivity contribution in [2.45, 2.75) is 6.42 Å². The molecule has 3 nitrogen and oxygen atoms in total. The molecule has 1 aliphatic rings. The largest absolute Gasteiger partial charge is 0.404 e. The van der Waals surface area contributed by atoms with Crippen LogP contribution in [0.3, 0.4) is 0 Å². The molecule has 1 heterocycles. The van der Waals surface area contributed by atoms with Crippen LogP contribution >= 0.6 is 0 Å². The lowest BCUT2D eigenvalue weighted by atomic mass is 10.0. The Bertz CT molecular complexity index is 194. The molecule has 1 rings (SSSR count). The molecule has 0 bridgehead atoms. The zero-order chi connectivity index (χ0) is 8.27. The van der Waals surface area contributed by atoms with Gasteiger partial charge >= 0.3 is 0 Å². The molecule has 3 heteroatoms. The standard InChI is InChI=1S/C8H15N3/c1-10-8-3-4-11(2)6-7(8)5-9/h5H,3-4,6,9H2,1-2H3/b7-5-,10-8?. The lowest BCUT2D eigenvalue weighted by molar-refractivity contribution is 0.364. The minimum absolute atomic E-state index is 0.934. The fourth-order valence-corrected chi connectivity index (χ4v) is 1.32. The van der Waals surface area contributed by atoms with E-state index in [1.54, 1.807) is 6.20 Å². The predicted octanol–water partition coefficient (Wildman–Crippen LogP) is 0.235. The van der Waals surface area contributed by atoms with E-state index in [9.17, 15) is 0 Å². The van der Waals surface area contributed by atoms with Gasteiger partial charge in [-0.2, -0.15) is 0 Å². The molecule has 1 saturated heterocycles. The summed E-state index contributed by atoms with van der Waals surface area (Å²) < 4.78 is 0. The molecule has 0 saturated carbocycles. The smallest absolute Gasteiger partial charge is 0.0416 e. The van der Waals surface area contributed by atoms with Crippen LogP contribution in [-0.4, -0.2) is 37.8 Å². The highest BCUT2D eigenvalue weighted by atomic mass is 15.1. The van der Waals surface area contributed by atoms with Crippen molar-refractivity contribution in [1.29, 1.82) is 0 Å². The van der Waals surface area contributed by atoms with Gasteiger partial charge in [-0.05, 0) is 7.05 Å². The number of hydrogen-bond donors (Lipinski definition) is 1. The van der Waals surface area contributed by atoms with Gasteiger partial charge in [-0.15, -0.1) is 0 Å². The van der Waals surface area contributed by atoms with Crippen molar-refractivity contribution in [3.63, 3.8) is 0 Å². The first kappa shape index (κ1) is 8.27. The molecule has 0 radical (unpaired) electrons. The highest BCUT2D eigenvalue weighted by Crippen LogP contribution is 2.10. The van der Waals surface area contributed by atoms with Gasteiger partial charge in [-0.25, -0.2) is 0 Å². The van der Waals surface area contributed by atoms with Crippen LogP contribution in [0.2, 0.25) is 0 Å². The van der Waals surface area contributed by atoms with E-state index in [1.165, 1.54) is 5.57 Å². The van der Waals surface area contributed by atoms with E-state index < -0.39 is 0 Å². The van der Waals surface area contributed by atoms with E-state index in [1.807, 2.05) is 7.05 Å². The lowest BCUT2D eigenvalue weighted by Gasteiger charge is -2.25. The average Bonchev–Trinajstić information content (AvgIpc) is 2.04. The van der Waals surface area contributed by atoms with Crippen LogP contribution in [0, 0.1) is 0 Å². The minimum atomic E-state index is 0.934. The molecule has 62 valence electrons. The van der Waals surface area contributed by atoms with Gasteiger partial charge in [0, 0.05) is 44.0 Å². The van der Waals surface area contributed by atoms with Crippen LogP contribution in [0.1, 0.15) is 6.42 Å². The Balaban J connectivity index is 2.72. The maximum atomic E-state index is 5.46. The number of likely N-dealkylation sites (tertiary alicyclic amines) is 1. The zero-order valence-electron chi connectivity index (χ0n) is 7.17. The van der Waals surface area contributed by atoms with Crippen LogP contribution in [0.15, 0.2) is 16.8 Å². The van der Waals surface area contributed by atoms with Gasteiger partial charge < -0.3 is 10.6 Å². The summed E-state index contributed by atoms with van der Waals surface area (Å²) in [5.74, 6) is 0. The molecular formula is C8H15N3. The van der Waals surface area contributed by atoms with Gasteiger partial charge in [0.1, 0.15) is 0 Å². The van der Waals surface area contributed by atoms with Crippen LogP contribution in [0.4, 0.5) is 0 Å². The van der Waals surface area contributed by atoms with Crippen molar-refractivity contribution >= 4 is 5.71 Å². The van der Waals surface area contributed by atoms with Crippen molar-refractivity contribution in [2.75, 3.05) is 27.2 Å². The third kappa shape index (κ3) is 1.80. The first-order chi connectivity index (χ1) is 5.27. The number of nitrogens with zero attached hydrogens (tertiary/aromatic N) is 2. The van der Waals surface area contributed by atoms with Crippen molar-refractivity contribution in [3.8, 4) is 0 Å². The van der Waals surface area contributed by atoms with E-state index in [0.717, 1.165) is 25.2 Å². The predicted molar refractivity (Wildman–Crippen MR) is 47.7 cm³/mol. The quantitative estimate of drug-likeness (QED) is 0.541. The maximum absolute atomic E-state index is 5.46. The SMILES string of the molecule is CN=C1CCN(C)C/C1=C/N. The van der Waals surface area contributed by atoms with E-state index in [-0.39, 0.29) is 0 Å². The Morgan fingerprint density at radius 3 is 2.91 bits per heavy atom. The van der Waals surface area contributed by atoms with Crippen molar-refractivity contribution in [2.24, 2.45) is 10.7 Å². The fourth-order valence-electron chi connectivity index (χ4n) is 1.32. The first-order valence-corrected chi connectivity index (χ1v) is 3.83. The van der Waals surface area contributed by atoms with Crippen LogP contribution in [-0.2, 0) is 0 Å². The number of aliphatic imine (C=N–C) groups is 1. The van der Waals surface area contributed by atoms with Gasteiger partial charge in [0.15, 0.2) is 0 Å². The second-order valence-corrected chi connectivity index (χ2v) is 2.85. The van der Waals surface area contributed by atoms with Gasteiger partial charge in [-0.1, -0.05) is 0 Å². The Morgan fingerprint density at radius 1 is 1.64 bits per heavy atom. The summed E-state index contributed by atoms with van der Waals surface area (Å²) in [6.45, 7) is 2.02. The summed E-state index contributed by atoms with van der Waals surface area (Å²) in [5.41, 5.74) is 7.79. The number of nitrogens with two attached hydrogens (primary N) is 1. The van der Waals surface area contributed by atoms with E-state index >= 15 is 0 Å². The second kappa shape index (κ2) is 3.53. The van der Waals surface area contributed by atoms with Gasteiger partial charge in [0.2, 0.25) is 0 Å². The van der Waals surface area contributed by atoms with Gasteiger partial charge in [-0.3, -0.25) is 4.99 Å². The van der Waals surface area contributed by atoms with E-state index in [4.69, 9.17) is 5.73 Å². The number of likely N-dealkylation sites (N-methyl/N-ethyl adjacent to an activating group) is 1. The Labute approximate surface area is 67.6 Å². The second-order valence-electron chi connectivity index (χ2n) is 2.85. The molecule has 0 aromatic carbocycles. The molecule has 0 spiro atoms. The maximum Gasteiger partial charge on any atom is 0.0416 e. The summed E-state index contributed by atoms with van der Waals surface area (Å²) in [6.07, 6.45) is 2.69. The molecule has 11 heavy (non-hydrogen) atoms. The normalized spacial score (nSPS) is 28.2. The molecule has 0 atom stereocenters. The van der Waals surface area contributed by atoms with E-state index in [2.05, 4.69) is 16.9 Å². The molecule has 0 aliphatic carbocycles. The Morgan fingerprint density at radius 2 is 2.36 bits per heavy atom. The highest BCUT2D eigenvalue weighted by molar-refractivity contribution is 6.01. The summed E-state index contributed by atoms with van der Waals surface area (Å²) >= 11 is 0. The summed E-state index contributed by atoms with van der Waals surface area (Å²) in [5, 5.41) is 0. The Hall–Kier alpha value is -0.830. The molecule has 0 amide bonds. The minimum Gasteiger partial charge on any atom is -0.404 e. The fraction of sp³-hybridized carbons (Fsp3) is 0.625. The van der Waals surface area contributed by atoms with Crippen LogP contribution < -0.4 is 5.73 Å². The molecule has 2 N–H and O–H groups in total. The summed E-state index contributed by atoms with van der Waals surface area (Å²) in [4.78, 5) is 6.42. The third-order valence-corrected chi connectivity index (χ3v) is 2.01. The van der Waals surface area contributed by atoms with Crippen molar-refractivity contribution in [1.82, 2.24) is 4.90 Å². The molecular weight excluding hydrogens is 138 g/mol. The van der Waals surface area contributed by atoms with Gasteiger partial charge in [0.05, 0.1) is 0 Å². The molecule has 0 aromatic rings. The monoisotopic (exact) mass is 153 g/mol. The summed E-state index contributed by atoms with van der Waals surface area (Å²) in [6, 6.07) is 0. The van der Waals surface area contributed by atoms with Gasteiger partial charge in [0.25, 0.3) is 0 Å². The summed E-state index contributed by atoms with van der Waals surface area (Å²) in [7, 11) is 3.92. The topological polar surface area (TPSA) is 41.6 Å². The first-order valence-electron chi connectivity index (χ1n) is 3.83. The molecule has 1 aliphatic heterocycles. The van der Waals surface area contributed by atoms with Crippen LogP contribution in [0.25, 0.3) is 0 Å². The third-order valence-electron chi connectivity index (χ3n) is 2.01. The number of rotatable bonds is 0.